The van der Waals surface area contributed by atoms with E-state index in [-0.39, 0.29) is 10.2 Å². The van der Waals surface area contributed by atoms with Crippen LogP contribution in [-0.2, 0) is 19.8 Å². The number of hydrogen-bond donors (Lipinski definition) is 0. The molecule has 0 bridgehead atoms. The quantitative estimate of drug-likeness (QED) is 0.413. The fraction of sp³-hybridized carbons (Fsp3) is 0. The van der Waals surface area contributed by atoms with Crippen LogP contribution in [0.4, 0.5) is 4.70 Å². The summed E-state index contributed by atoms with van der Waals surface area (Å²) >= 11 is 2.00. The second-order valence-electron chi connectivity index (χ2n) is 0. The van der Waals surface area contributed by atoms with Crippen molar-refractivity contribution >= 4 is 0 Å². The molecule has 0 aliphatic heterocycles. The van der Waals surface area contributed by atoms with Crippen LogP contribution in [0.5, 0.6) is 0 Å². The van der Waals surface area contributed by atoms with Crippen LogP contribution >= 0.6 is 0 Å². The summed E-state index contributed by atoms with van der Waals surface area (Å²) < 4.78 is 8.00. The van der Waals surface area contributed by atoms with Crippen LogP contribution in [0, 0.1) is 0 Å². The van der Waals surface area contributed by atoms with E-state index < -0.39 is 0 Å². The maximum atomic E-state index is 8.00. The summed E-state index contributed by atoms with van der Waals surface area (Å²) in [7, 11) is 0. The molecule has 0 aliphatic rings. The molecule has 4 heteroatoms. The van der Waals surface area contributed by atoms with Crippen LogP contribution in [0.2, 0.25) is 0 Å². The second kappa shape index (κ2) is 357. The summed E-state index contributed by atoms with van der Waals surface area (Å²) in [5.74, 6) is 0. The van der Waals surface area contributed by atoms with Crippen molar-refractivity contribution in [2.24, 2.45) is 0 Å². The zero-order valence-corrected chi connectivity index (χ0v) is 2.69. The maximum absolute atomic E-state index is 8.00. The topological polar surface area (TPSA) is 47.1 Å². The van der Waals surface area contributed by atoms with Gasteiger partial charge in [0.2, 0.25) is 0 Å². The van der Waals surface area contributed by atoms with Crippen molar-refractivity contribution in [1.82, 2.24) is 0 Å². The van der Waals surface area contributed by atoms with Gasteiger partial charge in [0.15, 0.2) is 0 Å². The first-order chi connectivity index (χ1) is 1.00. The van der Waals surface area contributed by atoms with Gasteiger partial charge in [0.05, 0.1) is 0 Å². The third kappa shape index (κ3) is 73.7. The van der Waals surface area contributed by atoms with Crippen LogP contribution in [0.3, 0.4) is 0 Å². The molecule has 0 amide bonds. The molecule has 0 saturated carbocycles. The molecule has 0 aromatic carbocycles. The van der Waals surface area contributed by atoms with Gasteiger partial charge in [-0.15, -0.1) is 0 Å². The molecule has 4 heavy (non-hydrogen) atoms. The van der Waals surface area contributed by atoms with Crippen molar-refractivity contribution in [1.29, 1.82) is 0 Å². The van der Waals surface area contributed by atoms with Gasteiger partial charge in [0, 0.05) is 4.70 Å². The third-order valence-electron chi connectivity index (χ3n) is 0. The van der Waals surface area contributed by atoms with E-state index in [0.29, 0.717) is 0 Å². The first-order valence-electron chi connectivity index (χ1n) is 0.144. The first kappa shape index (κ1) is 29.6. The molecule has 0 aromatic heterocycles. The van der Waals surface area contributed by atoms with Gasteiger partial charge in [-0.1, -0.05) is 0 Å². The summed E-state index contributed by atoms with van der Waals surface area (Å²) in [6.07, 6.45) is 0. The molecule has 0 saturated heterocycles. The standard InChI is InChI=1S/F.Fe.H2O.O/h;;1H2;/q;+1;;/p-1. The van der Waals surface area contributed by atoms with Crippen molar-refractivity contribution in [3.63, 3.8) is 0 Å². The van der Waals surface area contributed by atoms with Gasteiger partial charge in [0.25, 0.3) is 0 Å². The zero-order valence-electron chi connectivity index (χ0n) is 1.59. The first-order valence-corrected chi connectivity index (χ1v) is 0.595. The third-order valence-corrected chi connectivity index (χ3v) is 0. The Balaban J connectivity index is -0.00000000500. The Hall–Kier alpha value is 0.209. The normalized spacial score (nSPS) is 1.00. The summed E-state index contributed by atoms with van der Waals surface area (Å²) in [5.41, 5.74) is 0. The van der Waals surface area contributed by atoms with Crippen LogP contribution in [-0.4, -0.2) is 5.48 Å². The van der Waals surface area contributed by atoms with E-state index in [2.05, 4.69) is 0 Å². The Morgan fingerprint density at radius 3 is 1.25 bits per heavy atom. The molecule has 1 N–H and O–H groups in total. The molecule has 0 aromatic rings. The van der Waals surface area contributed by atoms with Gasteiger partial charge < -0.3 is 5.48 Å². The molecular formula is HFFeO2. The van der Waals surface area contributed by atoms with Crippen LogP contribution in [0.1, 0.15) is 0 Å². The van der Waals surface area contributed by atoms with E-state index >= 15 is 0 Å². The van der Waals surface area contributed by atoms with Gasteiger partial charge in [-0.2, -0.15) is 0 Å². The van der Waals surface area contributed by atoms with Crippen molar-refractivity contribution < 1.29 is 30.0 Å². The monoisotopic (exact) mass is 108 g/mol. The summed E-state index contributed by atoms with van der Waals surface area (Å²) in [6.45, 7) is 0. The van der Waals surface area contributed by atoms with Crippen molar-refractivity contribution in [2.45, 2.75) is 0 Å². The summed E-state index contributed by atoms with van der Waals surface area (Å²) in [5, 5.41) is 0. The van der Waals surface area contributed by atoms with Crippen molar-refractivity contribution in [2.75, 3.05) is 0 Å². The molecule has 0 spiro atoms. The Morgan fingerprint density at radius 1 is 1.25 bits per heavy atom. The zero-order chi connectivity index (χ0) is 2.00. The molecule has 0 rings (SSSR count). The predicted molar refractivity (Wildman–Crippen MR) is 3.73 cm³/mol. The van der Waals surface area contributed by atoms with Crippen molar-refractivity contribution in [3.05, 3.63) is 0 Å². The minimum absolute atomic E-state index is 0. The molecule has 0 unspecified atom stereocenters. The Kier molecular flexibility index (Phi) is 2650. The minimum atomic E-state index is 0. The van der Waals surface area contributed by atoms with Gasteiger partial charge in [-0.05, 0) is 0 Å². The average Bonchev–Trinajstić information content (AvgIpc) is 1.00. The Labute approximate surface area is 30.9 Å². The molecular weight excluding hydrogens is 107 g/mol. The second-order valence-corrected chi connectivity index (χ2v) is 0. The van der Waals surface area contributed by atoms with E-state index in [9.17, 15) is 0 Å². The van der Waals surface area contributed by atoms with E-state index in [1.165, 1.54) is 0 Å². The Bertz CT molecular complexity index is 6.00. The van der Waals surface area contributed by atoms with E-state index in [1.54, 1.807) is 0 Å². The fourth-order valence-electron chi connectivity index (χ4n) is 0. The molecule has 0 atom stereocenters. The van der Waals surface area contributed by atoms with Gasteiger partial charge in [-0.25, -0.2) is 0 Å². The van der Waals surface area contributed by atoms with Gasteiger partial charge >= 0.3 is 19.8 Å². The fourth-order valence-corrected chi connectivity index (χ4v) is 0. The van der Waals surface area contributed by atoms with Crippen LogP contribution in [0.25, 0.3) is 0 Å². The molecule has 0 heterocycles. The molecule has 2 nitrogen and oxygen atoms in total. The number of halogens is 1. The van der Waals surface area contributed by atoms with E-state index in [4.69, 9.17) is 3.83 Å². The van der Waals surface area contributed by atoms with Gasteiger partial charge in [-0.3, -0.25) is 0 Å². The average molecular weight is 108 g/mol. The Morgan fingerprint density at radius 2 is 1.25 bits per heavy atom. The summed E-state index contributed by atoms with van der Waals surface area (Å²) in [4.78, 5) is 0. The van der Waals surface area contributed by atoms with E-state index in [0.717, 1.165) is 0 Å². The van der Waals surface area contributed by atoms with Crippen LogP contribution in [0.15, 0.2) is 0 Å². The molecule has 1 radical (unpaired) electrons. The van der Waals surface area contributed by atoms with Gasteiger partial charge in [0.1, 0.15) is 0 Å². The van der Waals surface area contributed by atoms with Crippen LogP contribution < -0.4 is 0 Å². The SMILES string of the molecule is [F].[OH-].[O]=[Fe+]. The van der Waals surface area contributed by atoms with E-state index in [1.807, 2.05) is 15.9 Å². The molecule has 28 valence electrons. The number of rotatable bonds is 0. The molecule has 0 aliphatic carbocycles. The molecule has 0 fully saturated rings. The predicted octanol–water partition coefficient (Wildman–Crippen LogP) is 0.122. The van der Waals surface area contributed by atoms with Crippen molar-refractivity contribution in [3.8, 4) is 0 Å². The summed E-state index contributed by atoms with van der Waals surface area (Å²) in [6, 6.07) is 0. The number of hydrogen-bond acceptors (Lipinski definition) is 2.